The van der Waals surface area contributed by atoms with Crippen LogP contribution in [0.25, 0.3) is 0 Å². The molecule has 4 nitrogen and oxygen atoms in total. The lowest BCUT2D eigenvalue weighted by Crippen LogP contribution is -2.54. The van der Waals surface area contributed by atoms with Crippen molar-refractivity contribution in [2.75, 3.05) is 18.0 Å². The number of nitrogens with one attached hydrogen (secondary N) is 1. The molecule has 17 heavy (non-hydrogen) atoms. The van der Waals surface area contributed by atoms with Crippen molar-refractivity contribution in [2.45, 2.75) is 19.5 Å². The van der Waals surface area contributed by atoms with Crippen LogP contribution in [0.2, 0.25) is 0 Å². The molecule has 2 rings (SSSR count). The Morgan fingerprint density at radius 3 is 3.00 bits per heavy atom. The van der Waals surface area contributed by atoms with E-state index in [-0.39, 0.29) is 11.9 Å². The average molecular weight is 298 g/mol. The zero-order valence-corrected chi connectivity index (χ0v) is 11.3. The minimum absolute atomic E-state index is 0.0746. The molecule has 3 N–H and O–H groups in total. The number of carbonyl (C=O) groups excluding carboxylic acids is 1. The second-order valence-electron chi connectivity index (χ2n) is 4.18. The lowest BCUT2D eigenvalue weighted by atomic mass is 10.1. The molecule has 0 saturated carbocycles. The fourth-order valence-electron chi connectivity index (χ4n) is 2.05. The summed E-state index contributed by atoms with van der Waals surface area (Å²) in [4.78, 5) is 13.7. The number of anilines is 1. The first kappa shape index (κ1) is 12.4. The minimum Gasteiger partial charge on any atom is -0.358 e. The van der Waals surface area contributed by atoms with Crippen molar-refractivity contribution >= 4 is 27.5 Å². The van der Waals surface area contributed by atoms with Crippen LogP contribution in [0, 0.1) is 0 Å². The van der Waals surface area contributed by atoms with E-state index in [4.69, 9.17) is 5.73 Å². The summed E-state index contributed by atoms with van der Waals surface area (Å²) in [6.07, 6.45) is 0. The van der Waals surface area contributed by atoms with E-state index in [1.807, 2.05) is 25.1 Å². The van der Waals surface area contributed by atoms with Gasteiger partial charge in [-0.3, -0.25) is 4.79 Å². The van der Waals surface area contributed by atoms with Gasteiger partial charge in [-0.05, 0) is 30.7 Å². The maximum absolute atomic E-state index is 11.6. The Hall–Kier alpha value is -1.07. The predicted molar refractivity (Wildman–Crippen MR) is 71.9 cm³/mol. The largest absolute Gasteiger partial charge is 0.358 e. The first-order valence-corrected chi connectivity index (χ1v) is 6.45. The van der Waals surface area contributed by atoms with Gasteiger partial charge in [0.05, 0.1) is 0 Å². The third-order valence-electron chi connectivity index (χ3n) is 3.01. The molecule has 1 aliphatic heterocycles. The molecule has 0 aliphatic carbocycles. The number of nitrogens with zero attached hydrogens (tertiary/aromatic N) is 1. The molecule has 1 atom stereocenters. The van der Waals surface area contributed by atoms with Crippen LogP contribution < -0.4 is 16.0 Å². The number of rotatable bonds is 2. The van der Waals surface area contributed by atoms with Gasteiger partial charge in [-0.2, -0.15) is 0 Å². The molecule has 0 spiro atoms. The third kappa shape index (κ3) is 2.61. The fraction of sp³-hybridized carbons (Fsp3) is 0.417. The smallest absolute Gasteiger partial charge is 0.242 e. The molecular formula is C12H16BrN3O. The highest BCUT2D eigenvalue weighted by atomic mass is 79.9. The predicted octanol–water partition coefficient (Wildman–Crippen LogP) is 1.23. The van der Waals surface area contributed by atoms with E-state index in [1.165, 1.54) is 0 Å². The lowest BCUT2D eigenvalue weighted by Gasteiger charge is -2.35. The van der Waals surface area contributed by atoms with E-state index in [2.05, 4.69) is 26.1 Å². The molecule has 1 aromatic carbocycles. The molecule has 1 saturated heterocycles. The van der Waals surface area contributed by atoms with Gasteiger partial charge in [0.2, 0.25) is 5.91 Å². The molecule has 0 radical (unpaired) electrons. The number of piperazine rings is 1. The molecule has 0 bridgehead atoms. The number of hydrogen-bond acceptors (Lipinski definition) is 3. The van der Waals surface area contributed by atoms with Gasteiger partial charge in [0, 0.05) is 29.8 Å². The van der Waals surface area contributed by atoms with Crippen LogP contribution in [0.4, 0.5) is 5.69 Å². The number of halogens is 1. The van der Waals surface area contributed by atoms with Gasteiger partial charge in [0.25, 0.3) is 0 Å². The zero-order chi connectivity index (χ0) is 12.4. The fourth-order valence-corrected chi connectivity index (χ4v) is 2.58. The number of nitrogens with two attached hydrogens (primary N) is 1. The van der Waals surface area contributed by atoms with Gasteiger partial charge in [-0.1, -0.05) is 15.9 Å². The lowest BCUT2D eigenvalue weighted by molar-refractivity contribution is -0.122. The second-order valence-corrected chi connectivity index (χ2v) is 5.10. The van der Waals surface area contributed by atoms with E-state index in [0.717, 1.165) is 22.3 Å². The van der Waals surface area contributed by atoms with Gasteiger partial charge < -0.3 is 16.0 Å². The van der Waals surface area contributed by atoms with Crippen LogP contribution in [0.5, 0.6) is 0 Å². The molecule has 1 aliphatic rings. The summed E-state index contributed by atoms with van der Waals surface area (Å²) < 4.78 is 0.994. The van der Waals surface area contributed by atoms with Crippen molar-refractivity contribution in [1.29, 1.82) is 0 Å². The molecule has 1 heterocycles. The Balaban J connectivity index is 2.32. The molecule has 0 aromatic heterocycles. The van der Waals surface area contributed by atoms with E-state index in [9.17, 15) is 4.79 Å². The summed E-state index contributed by atoms with van der Waals surface area (Å²) in [6.45, 7) is 3.93. The van der Waals surface area contributed by atoms with Crippen LogP contribution in [0.15, 0.2) is 22.7 Å². The van der Waals surface area contributed by atoms with Crippen LogP contribution in [-0.4, -0.2) is 25.0 Å². The zero-order valence-electron chi connectivity index (χ0n) is 9.74. The Bertz CT molecular complexity index is 436. The maximum Gasteiger partial charge on any atom is 0.242 e. The van der Waals surface area contributed by atoms with Gasteiger partial charge in [-0.25, -0.2) is 0 Å². The van der Waals surface area contributed by atoms with E-state index in [0.29, 0.717) is 13.1 Å². The summed E-state index contributed by atoms with van der Waals surface area (Å²) in [5.41, 5.74) is 7.77. The molecule has 1 aromatic rings. The summed E-state index contributed by atoms with van der Waals surface area (Å²) in [7, 11) is 0. The first-order chi connectivity index (χ1) is 8.11. The molecule has 5 heteroatoms. The average Bonchev–Trinajstić information content (AvgIpc) is 2.31. The maximum atomic E-state index is 11.6. The van der Waals surface area contributed by atoms with Crippen molar-refractivity contribution in [3.05, 3.63) is 28.2 Å². The van der Waals surface area contributed by atoms with Gasteiger partial charge in [-0.15, -0.1) is 0 Å². The normalized spacial score (nSPS) is 20.3. The standard InChI is InChI=1S/C12H16BrN3O/c1-8-12(17)15-2-3-16(8)11-5-9(7-14)4-10(13)6-11/h4-6,8H,2-3,7,14H2,1H3,(H,15,17). The van der Waals surface area contributed by atoms with Crippen LogP contribution in [-0.2, 0) is 11.3 Å². The van der Waals surface area contributed by atoms with Crippen molar-refractivity contribution in [2.24, 2.45) is 5.73 Å². The van der Waals surface area contributed by atoms with Gasteiger partial charge in [0.1, 0.15) is 6.04 Å². The van der Waals surface area contributed by atoms with Crippen LogP contribution in [0.3, 0.4) is 0 Å². The number of benzene rings is 1. The molecular weight excluding hydrogens is 282 g/mol. The van der Waals surface area contributed by atoms with Gasteiger partial charge in [0.15, 0.2) is 0 Å². The molecule has 1 amide bonds. The minimum atomic E-state index is -0.135. The summed E-state index contributed by atoms with van der Waals surface area (Å²) in [6, 6.07) is 5.93. The van der Waals surface area contributed by atoms with Gasteiger partial charge >= 0.3 is 0 Å². The first-order valence-electron chi connectivity index (χ1n) is 5.65. The van der Waals surface area contributed by atoms with Crippen molar-refractivity contribution in [3.8, 4) is 0 Å². The van der Waals surface area contributed by atoms with Crippen LogP contribution >= 0.6 is 15.9 Å². The van der Waals surface area contributed by atoms with Crippen molar-refractivity contribution < 1.29 is 4.79 Å². The topological polar surface area (TPSA) is 58.4 Å². The van der Waals surface area contributed by atoms with E-state index >= 15 is 0 Å². The van der Waals surface area contributed by atoms with E-state index < -0.39 is 0 Å². The van der Waals surface area contributed by atoms with Crippen molar-refractivity contribution in [3.63, 3.8) is 0 Å². The summed E-state index contributed by atoms with van der Waals surface area (Å²) in [5.74, 6) is 0.0746. The summed E-state index contributed by atoms with van der Waals surface area (Å²) >= 11 is 3.47. The highest BCUT2D eigenvalue weighted by Gasteiger charge is 2.25. The Morgan fingerprint density at radius 2 is 2.29 bits per heavy atom. The highest BCUT2D eigenvalue weighted by Crippen LogP contribution is 2.25. The number of amides is 1. The highest BCUT2D eigenvalue weighted by molar-refractivity contribution is 9.10. The Kier molecular flexibility index (Phi) is 3.69. The van der Waals surface area contributed by atoms with Crippen LogP contribution in [0.1, 0.15) is 12.5 Å². The van der Waals surface area contributed by atoms with E-state index in [1.54, 1.807) is 0 Å². The number of carbonyl (C=O) groups is 1. The summed E-state index contributed by atoms with van der Waals surface area (Å²) in [5, 5.41) is 2.86. The number of hydrogen-bond donors (Lipinski definition) is 2. The Labute approximate surface area is 109 Å². The SMILES string of the molecule is CC1C(=O)NCCN1c1cc(Br)cc(CN)c1. The van der Waals surface area contributed by atoms with Crippen molar-refractivity contribution in [1.82, 2.24) is 5.32 Å². The monoisotopic (exact) mass is 297 g/mol. The quantitative estimate of drug-likeness (QED) is 0.863. The second kappa shape index (κ2) is 5.06. The molecule has 1 unspecified atom stereocenters. The molecule has 1 fully saturated rings. The molecule has 92 valence electrons. The third-order valence-corrected chi connectivity index (χ3v) is 3.47. The Morgan fingerprint density at radius 1 is 1.53 bits per heavy atom.